The van der Waals surface area contributed by atoms with Gasteiger partial charge in [-0.15, -0.1) is 0 Å². The number of ketones is 1. The standard InChI is InChI=1S/C14H14O2S/c1-16-14-5-3-2-4-12(14)9-13(15)8-11-6-7-17-10-11/h2-7,10H,8-9H2,1H3. The Labute approximate surface area is 105 Å². The first kappa shape index (κ1) is 11.9. The molecule has 0 bridgehead atoms. The highest BCUT2D eigenvalue weighted by Crippen LogP contribution is 2.18. The number of thiophene rings is 1. The highest BCUT2D eigenvalue weighted by Gasteiger charge is 2.09. The van der Waals surface area contributed by atoms with Gasteiger partial charge in [0.15, 0.2) is 0 Å². The van der Waals surface area contributed by atoms with E-state index in [0.29, 0.717) is 12.8 Å². The molecule has 0 atom stereocenters. The Morgan fingerprint density at radius 1 is 1.24 bits per heavy atom. The second-order valence-corrected chi connectivity index (χ2v) is 4.62. The predicted molar refractivity (Wildman–Crippen MR) is 69.7 cm³/mol. The quantitative estimate of drug-likeness (QED) is 0.810. The second kappa shape index (κ2) is 5.64. The van der Waals surface area contributed by atoms with E-state index in [1.807, 2.05) is 41.1 Å². The monoisotopic (exact) mass is 246 g/mol. The third kappa shape index (κ3) is 3.17. The molecular weight excluding hydrogens is 232 g/mol. The highest BCUT2D eigenvalue weighted by molar-refractivity contribution is 7.07. The molecule has 0 unspecified atom stereocenters. The van der Waals surface area contributed by atoms with Crippen molar-refractivity contribution in [3.8, 4) is 5.75 Å². The van der Waals surface area contributed by atoms with Crippen LogP contribution in [0.2, 0.25) is 0 Å². The fourth-order valence-electron chi connectivity index (χ4n) is 1.74. The van der Waals surface area contributed by atoms with Crippen molar-refractivity contribution in [2.24, 2.45) is 0 Å². The molecule has 3 heteroatoms. The lowest BCUT2D eigenvalue weighted by molar-refractivity contribution is -0.117. The van der Waals surface area contributed by atoms with Crippen LogP contribution in [-0.4, -0.2) is 12.9 Å². The van der Waals surface area contributed by atoms with E-state index in [9.17, 15) is 4.79 Å². The van der Waals surface area contributed by atoms with Crippen LogP contribution in [-0.2, 0) is 17.6 Å². The summed E-state index contributed by atoms with van der Waals surface area (Å²) in [6, 6.07) is 9.64. The number of carbonyl (C=O) groups excluding carboxylic acids is 1. The van der Waals surface area contributed by atoms with E-state index < -0.39 is 0 Å². The molecule has 0 amide bonds. The van der Waals surface area contributed by atoms with Gasteiger partial charge in [0, 0.05) is 18.4 Å². The zero-order chi connectivity index (χ0) is 12.1. The first-order valence-corrected chi connectivity index (χ1v) is 6.38. The first-order valence-electron chi connectivity index (χ1n) is 5.44. The fraction of sp³-hybridized carbons (Fsp3) is 0.214. The minimum Gasteiger partial charge on any atom is -0.496 e. The summed E-state index contributed by atoms with van der Waals surface area (Å²) >= 11 is 1.62. The number of carbonyl (C=O) groups is 1. The summed E-state index contributed by atoms with van der Waals surface area (Å²) in [5.41, 5.74) is 2.05. The average molecular weight is 246 g/mol. The smallest absolute Gasteiger partial charge is 0.141 e. The molecule has 1 aromatic carbocycles. The van der Waals surface area contributed by atoms with Crippen molar-refractivity contribution in [1.82, 2.24) is 0 Å². The Morgan fingerprint density at radius 3 is 2.76 bits per heavy atom. The Hall–Kier alpha value is -1.61. The van der Waals surface area contributed by atoms with E-state index in [4.69, 9.17) is 4.74 Å². The Kier molecular flexibility index (Phi) is 3.94. The number of hydrogen-bond donors (Lipinski definition) is 0. The molecule has 0 aliphatic carbocycles. The molecule has 17 heavy (non-hydrogen) atoms. The maximum atomic E-state index is 11.9. The van der Waals surface area contributed by atoms with Crippen LogP contribution in [0.4, 0.5) is 0 Å². The van der Waals surface area contributed by atoms with Crippen molar-refractivity contribution in [3.63, 3.8) is 0 Å². The molecule has 0 saturated carbocycles. The van der Waals surface area contributed by atoms with Gasteiger partial charge < -0.3 is 4.74 Å². The summed E-state index contributed by atoms with van der Waals surface area (Å²) < 4.78 is 5.23. The summed E-state index contributed by atoms with van der Waals surface area (Å²) in [5.74, 6) is 0.999. The lowest BCUT2D eigenvalue weighted by atomic mass is 10.0. The van der Waals surface area contributed by atoms with Crippen molar-refractivity contribution in [2.45, 2.75) is 12.8 Å². The van der Waals surface area contributed by atoms with E-state index in [-0.39, 0.29) is 5.78 Å². The van der Waals surface area contributed by atoms with Crippen LogP contribution >= 0.6 is 11.3 Å². The minimum atomic E-state index is 0.216. The van der Waals surface area contributed by atoms with E-state index >= 15 is 0 Å². The molecule has 88 valence electrons. The topological polar surface area (TPSA) is 26.3 Å². The molecule has 2 aromatic rings. The summed E-state index contributed by atoms with van der Waals surface area (Å²) in [5, 5.41) is 4.01. The van der Waals surface area contributed by atoms with Crippen LogP contribution in [0.15, 0.2) is 41.1 Å². The first-order chi connectivity index (χ1) is 8.29. The third-order valence-electron chi connectivity index (χ3n) is 2.56. The van der Waals surface area contributed by atoms with Crippen LogP contribution in [0.3, 0.4) is 0 Å². The lowest BCUT2D eigenvalue weighted by Crippen LogP contribution is -2.07. The maximum Gasteiger partial charge on any atom is 0.141 e. The predicted octanol–water partition coefficient (Wildman–Crippen LogP) is 3.11. The molecule has 2 nitrogen and oxygen atoms in total. The minimum absolute atomic E-state index is 0.216. The van der Waals surface area contributed by atoms with Gasteiger partial charge in [-0.2, -0.15) is 11.3 Å². The Morgan fingerprint density at radius 2 is 2.06 bits per heavy atom. The van der Waals surface area contributed by atoms with Gasteiger partial charge in [0.25, 0.3) is 0 Å². The summed E-state index contributed by atoms with van der Waals surface area (Å²) in [6.07, 6.45) is 0.932. The molecule has 2 rings (SSSR count). The van der Waals surface area contributed by atoms with E-state index in [1.54, 1.807) is 18.4 Å². The van der Waals surface area contributed by atoms with Crippen molar-refractivity contribution < 1.29 is 9.53 Å². The van der Waals surface area contributed by atoms with Gasteiger partial charge in [0.2, 0.25) is 0 Å². The molecule has 0 aliphatic heterocycles. The van der Waals surface area contributed by atoms with Crippen LogP contribution in [0, 0.1) is 0 Å². The number of para-hydroxylation sites is 1. The van der Waals surface area contributed by atoms with Gasteiger partial charge >= 0.3 is 0 Å². The fourth-order valence-corrected chi connectivity index (χ4v) is 2.41. The SMILES string of the molecule is COc1ccccc1CC(=O)Cc1ccsc1. The summed E-state index contributed by atoms with van der Waals surface area (Å²) in [6.45, 7) is 0. The normalized spacial score (nSPS) is 10.2. The molecule has 0 radical (unpaired) electrons. The van der Waals surface area contributed by atoms with Gasteiger partial charge in [-0.05, 0) is 28.5 Å². The summed E-state index contributed by atoms with van der Waals surface area (Å²) in [7, 11) is 1.63. The third-order valence-corrected chi connectivity index (χ3v) is 3.29. The molecule has 0 fully saturated rings. The number of Topliss-reactive ketones (excluding diaryl/α,β-unsaturated/α-hetero) is 1. The van der Waals surface area contributed by atoms with Crippen molar-refractivity contribution in [3.05, 3.63) is 52.2 Å². The lowest BCUT2D eigenvalue weighted by Gasteiger charge is -2.06. The number of benzene rings is 1. The van der Waals surface area contributed by atoms with E-state index in [1.165, 1.54) is 0 Å². The Bertz CT molecular complexity index is 489. The Balaban J connectivity index is 2.03. The van der Waals surface area contributed by atoms with Crippen LogP contribution < -0.4 is 4.74 Å². The maximum absolute atomic E-state index is 11.9. The zero-order valence-corrected chi connectivity index (χ0v) is 10.5. The number of hydrogen-bond acceptors (Lipinski definition) is 3. The van der Waals surface area contributed by atoms with Crippen LogP contribution in [0.25, 0.3) is 0 Å². The van der Waals surface area contributed by atoms with Gasteiger partial charge in [-0.3, -0.25) is 4.79 Å². The number of rotatable bonds is 5. The molecule has 0 saturated heterocycles. The number of ether oxygens (including phenoxy) is 1. The van der Waals surface area contributed by atoms with Crippen molar-refractivity contribution >= 4 is 17.1 Å². The largest absolute Gasteiger partial charge is 0.496 e. The van der Waals surface area contributed by atoms with Crippen molar-refractivity contribution in [2.75, 3.05) is 7.11 Å². The van der Waals surface area contributed by atoms with Crippen LogP contribution in [0.5, 0.6) is 5.75 Å². The van der Waals surface area contributed by atoms with Gasteiger partial charge in [-0.1, -0.05) is 18.2 Å². The molecule has 0 aliphatic rings. The van der Waals surface area contributed by atoms with Gasteiger partial charge in [0.1, 0.15) is 11.5 Å². The summed E-state index contributed by atoms with van der Waals surface area (Å²) in [4.78, 5) is 11.9. The van der Waals surface area contributed by atoms with Gasteiger partial charge in [-0.25, -0.2) is 0 Å². The zero-order valence-electron chi connectivity index (χ0n) is 9.68. The molecular formula is C14H14O2S. The van der Waals surface area contributed by atoms with Crippen molar-refractivity contribution in [1.29, 1.82) is 0 Å². The average Bonchev–Trinajstić information content (AvgIpc) is 2.82. The molecule has 0 N–H and O–H groups in total. The molecule has 1 heterocycles. The van der Waals surface area contributed by atoms with E-state index in [2.05, 4.69) is 0 Å². The van der Waals surface area contributed by atoms with E-state index in [0.717, 1.165) is 16.9 Å². The molecule has 0 spiro atoms. The molecule has 1 aromatic heterocycles. The van der Waals surface area contributed by atoms with Gasteiger partial charge in [0.05, 0.1) is 7.11 Å². The second-order valence-electron chi connectivity index (χ2n) is 3.84. The number of methoxy groups -OCH3 is 1. The highest BCUT2D eigenvalue weighted by atomic mass is 32.1. The van der Waals surface area contributed by atoms with Crippen LogP contribution in [0.1, 0.15) is 11.1 Å².